The molecule has 4 heteroatoms. The van der Waals surface area contributed by atoms with E-state index in [1.54, 1.807) is 12.1 Å². The maximum atomic E-state index is 12.6. The molecule has 0 N–H and O–H groups in total. The molecule has 0 bridgehead atoms. The summed E-state index contributed by atoms with van der Waals surface area (Å²) in [6, 6.07) is 25.2. The zero-order valence-corrected chi connectivity index (χ0v) is 19.9. The average molecular weight is 454 g/mol. The van der Waals surface area contributed by atoms with Crippen molar-refractivity contribution in [3.05, 3.63) is 103 Å². The molecule has 34 heavy (non-hydrogen) atoms. The summed E-state index contributed by atoms with van der Waals surface area (Å²) in [5.74, 6) is 0.179. The minimum absolute atomic E-state index is 0.356. The van der Waals surface area contributed by atoms with Crippen LogP contribution in [0.25, 0.3) is 16.8 Å². The molecular weight excluding hydrogens is 420 g/mol. The molecule has 1 aromatic heterocycles. The molecule has 0 saturated carbocycles. The number of unbranched alkanes of at least 4 members (excludes halogenated alkanes) is 5. The van der Waals surface area contributed by atoms with Crippen LogP contribution >= 0.6 is 0 Å². The maximum absolute atomic E-state index is 12.6. The maximum Gasteiger partial charge on any atom is 0.343 e. The van der Waals surface area contributed by atoms with Gasteiger partial charge >= 0.3 is 5.97 Å². The van der Waals surface area contributed by atoms with E-state index < -0.39 is 0 Å². The van der Waals surface area contributed by atoms with Gasteiger partial charge in [-0.3, -0.25) is 0 Å². The molecular formula is C30H33N2O2+. The van der Waals surface area contributed by atoms with Gasteiger partial charge in [-0.25, -0.2) is 13.9 Å². The summed E-state index contributed by atoms with van der Waals surface area (Å²) < 4.78 is 9.90. The summed E-state index contributed by atoms with van der Waals surface area (Å²) in [6.07, 6.45) is 14.1. The third kappa shape index (κ3) is 6.44. The molecule has 0 fully saturated rings. The Bertz CT molecular complexity index is 1160. The molecule has 0 saturated heterocycles. The van der Waals surface area contributed by atoms with E-state index in [0.717, 1.165) is 23.4 Å². The second kappa shape index (κ2) is 12.0. The first-order valence-electron chi connectivity index (χ1n) is 12.3. The van der Waals surface area contributed by atoms with Gasteiger partial charge in [0, 0.05) is 0 Å². The van der Waals surface area contributed by atoms with Crippen LogP contribution < -0.4 is 9.30 Å². The highest BCUT2D eigenvalue weighted by molar-refractivity contribution is 5.91. The molecule has 0 aliphatic heterocycles. The molecule has 1 heterocycles. The number of hydrogen-bond acceptors (Lipinski definition) is 2. The molecule has 0 spiro atoms. The summed E-state index contributed by atoms with van der Waals surface area (Å²) >= 11 is 0. The van der Waals surface area contributed by atoms with Crippen LogP contribution in [0.4, 0.5) is 0 Å². The van der Waals surface area contributed by atoms with Gasteiger partial charge in [-0.1, -0.05) is 75.1 Å². The quantitative estimate of drug-likeness (QED) is 0.106. The van der Waals surface area contributed by atoms with Crippen LogP contribution in [-0.2, 0) is 6.54 Å². The second-order valence-electron chi connectivity index (χ2n) is 8.65. The van der Waals surface area contributed by atoms with Gasteiger partial charge in [-0.05, 0) is 60.4 Å². The number of rotatable bonds is 11. The molecule has 0 amide bonds. The van der Waals surface area contributed by atoms with Gasteiger partial charge in [-0.15, -0.1) is 0 Å². The summed E-state index contributed by atoms with van der Waals surface area (Å²) in [5, 5.41) is 0. The predicted molar refractivity (Wildman–Crippen MR) is 136 cm³/mol. The summed E-state index contributed by atoms with van der Waals surface area (Å²) in [6.45, 7) is 3.29. The first kappa shape index (κ1) is 23.5. The number of carbonyl (C=O) groups is 1. The van der Waals surface area contributed by atoms with Crippen LogP contribution in [0, 0.1) is 0 Å². The molecule has 4 nitrogen and oxygen atoms in total. The Morgan fingerprint density at radius 2 is 1.47 bits per heavy atom. The predicted octanol–water partition coefficient (Wildman–Crippen LogP) is 7.01. The van der Waals surface area contributed by atoms with Crippen molar-refractivity contribution in [1.29, 1.82) is 0 Å². The Balaban J connectivity index is 1.30. The number of esters is 1. The van der Waals surface area contributed by atoms with E-state index >= 15 is 0 Å². The van der Waals surface area contributed by atoms with Gasteiger partial charge in [0.25, 0.3) is 0 Å². The van der Waals surface area contributed by atoms with E-state index in [4.69, 9.17) is 4.74 Å². The number of benzene rings is 3. The first-order chi connectivity index (χ1) is 16.7. The molecule has 0 radical (unpaired) electrons. The number of nitrogens with zero attached hydrogens (tertiary/aromatic N) is 2. The lowest BCUT2D eigenvalue weighted by atomic mass is 10.0. The standard InChI is InChI=1S/C30H33N2O2/c1-2-3-4-5-6-10-21-31-22-23-32(24-31)28-17-19-29(20-18-28)34-30(33)27-15-13-26(14-16-27)25-11-8-7-9-12-25/h7-9,11-20,22-24H,2-6,10,21H2,1H3/q+1. The second-order valence-corrected chi connectivity index (χ2v) is 8.65. The van der Waals surface area contributed by atoms with E-state index in [9.17, 15) is 4.79 Å². The normalized spacial score (nSPS) is 10.9. The zero-order valence-electron chi connectivity index (χ0n) is 19.9. The van der Waals surface area contributed by atoms with E-state index in [2.05, 4.69) is 46.9 Å². The van der Waals surface area contributed by atoms with Crippen LogP contribution in [0.1, 0.15) is 55.8 Å². The first-order valence-corrected chi connectivity index (χ1v) is 12.3. The number of carbonyl (C=O) groups excluding carboxylic acids is 1. The Morgan fingerprint density at radius 3 is 2.21 bits per heavy atom. The van der Waals surface area contributed by atoms with Gasteiger partial charge in [0.1, 0.15) is 23.8 Å². The molecule has 4 rings (SSSR count). The van der Waals surface area contributed by atoms with Gasteiger partial charge < -0.3 is 4.74 Å². The smallest absolute Gasteiger partial charge is 0.343 e. The van der Waals surface area contributed by atoms with Crippen LogP contribution in [-0.4, -0.2) is 10.5 Å². The minimum atomic E-state index is -0.356. The number of aryl methyl sites for hydroxylation is 1. The summed E-state index contributed by atoms with van der Waals surface area (Å²) in [5.41, 5.74) is 3.76. The average Bonchev–Trinajstić information content (AvgIpc) is 3.36. The number of hydrogen-bond donors (Lipinski definition) is 0. The van der Waals surface area contributed by atoms with E-state index in [1.807, 2.05) is 54.6 Å². The van der Waals surface area contributed by atoms with Crippen LogP contribution in [0.15, 0.2) is 97.6 Å². The van der Waals surface area contributed by atoms with Crippen molar-refractivity contribution < 1.29 is 14.1 Å². The van der Waals surface area contributed by atoms with Crippen molar-refractivity contribution >= 4 is 5.97 Å². The topological polar surface area (TPSA) is 35.1 Å². The minimum Gasteiger partial charge on any atom is -0.423 e. The highest BCUT2D eigenvalue weighted by Gasteiger charge is 2.11. The van der Waals surface area contributed by atoms with Crippen molar-refractivity contribution in [2.45, 2.75) is 52.0 Å². The van der Waals surface area contributed by atoms with Crippen molar-refractivity contribution in [3.8, 4) is 22.6 Å². The van der Waals surface area contributed by atoms with E-state index in [1.165, 1.54) is 38.5 Å². The fourth-order valence-electron chi connectivity index (χ4n) is 4.04. The van der Waals surface area contributed by atoms with Gasteiger partial charge in [-0.2, -0.15) is 0 Å². The Hall–Kier alpha value is -3.66. The molecule has 0 aliphatic carbocycles. The third-order valence-electron chi connectivity index (χ3n) is 6.03. The highest BCUT2D eigenvalue weighted by Crippen LogP contribution is 2.21. The third-order valence-corrected chi connectivity index (χ3v) is 6.03. The fraction of sp³-hybridized carbons (Fsp3) is 0.267. The fourth-order valence-corrected chi connectivity index (χ4v) is 4.04. The van der Waals surface area contributed by atoms with Crippen molar-refractivity contribution in [1.82, 2.24) is 4.57 Å². The molecule has 3 aromatic carbocycles. The van der Waals surface area contributed by atoms with Crippen molar-refractivity contribution in [2.24, 2.45) is 0 Å². The van der Waals surface area contributed by atoms with E-state index in [-0.39, 0.29) is 5.97 Å². The highest BCUT2D eigenvalue weighted by atomic mass is 16.5. The van der Waals surface area contributed by atoms with Crippen molar-refractivity contribution in [2.75, 3.05) is 0 Å². The van der Waals surface area contributed by atoms with Crippen LogP contribution in [0.3, 0.4) is 0 Å². The molecule has 0 atom stereocenters. The van der Waals surface area contributed by atoms with Crippen molar-refractivity contribution in [3.63, 3.8) is 0 Å². The Labute approximate surface area is 202 Å². The van der Waals surface area contributed by atoms with Crippen LogP contribution in [0.5, 0.6) is 5.75 Å². The van der Waals surface area contributed by atoms with E-state index in [0.29, 0.717) is 11.3 Å². The molecule has 4 aromatic rings. The lowest BCUT2D eigenvalue weighted by Gasteiger charge is -2.06. The number of ether oxygens (including phenoxy) is 1. The summed E-state index contributed by atoms with van der Waals surface area (Å²) in [4.78, 5) is 12.6. The Morgan fingerprint density at radius 1 is 0.794 bits per heavy atom. The zero-order chi connectivity index (χ0) is 23.6. The monoisotopic (exact) mass is 453 g/mol. The lowest BCUT2D eigenvalue weighted by molar-refractivity contribution is -0.696. The summed E-state index contributed by atoms with van der Waals surface area (Å²) in [7, 11) is 0. The Kier molecular flexibility index (Phi) is 8.28. The number of aromatic nitrogens is 2. The number of imidazole rings is 1. The van der Waals surface area contributed by atoms with Crippen LogP contribution in [0.2, 0.25) is 0 Å². The van der Waals surface area contributed by atoms with Gasteiger partial charge in [0.15, 0.2) is 0 Å². The largest absolute Gasteiger partial charge is 0.423 e. The lowest BCUT2D eigenvalue weighted by Crippen LogP contribution is -2.30. The molecule has 174 valence electrons. The van der Waals surface area contributed by atoms with Gasteiger partial charge in [0.2, 0.25) is 6.33 Å². The molecule has 0 aliphatic rings. The van der Waals surface area contributed by atoms with Gasteiger partial charge in [0.05, 0.1) is 12.1 Å². The molecule has 0 unspecified atom stereocenters. The SMILES string of the molecule is CCCCCCCC[n+]1ccn(-c2ccc(OC(=O)c3ccc(-c4ccccc4)cc3)cc2)c1.